The molecule has 1 aromatic rings. The van der Waals surface area contributed by atoms with Gasteiger partial charge in [-0.25, -0.2) is 5.10 Å². The van der Waals surface area contributed by atoms with Crippen LogP contribution in [0.25, 0.3) is 0 Å². The average molecular weight is 159 g/mol. The van der Waals surface area contributed by atoms with Crippen LogP contribution in [0.1, 0.15) is 13.8 Å². The number of rotatable bonds is 2. The van der Waals surface area contributed by atoms with E-state index in [1.165, 1.54) is 6.20 Å². The molecule has 0 saturated heterocycles. The Kier molecular flexibility index (Phi) is 2.29. The van der Waals surface area contributed by atoms with Crippen molar-refractivity contribution in [3.8, 4) is 0 Å². The zero-order chi connectivity index (χ0) is 7.56. The van der Waals surface area contributed by atoms with Crippen LogP contribution in [0.4, 0.5) is 0 Å². The molecule has 4 nitrogen and oxygen atoms in total. The largest absolute Gasteiger partial charge is 0.610 e. The number of nitrogens with one attached hydrogen (secondary N) is 1. The van der Waals surface area contributed by atoms with E-state index in [9.17, 15) is 4.55 Å². The SMILES string of the molecule is CC(C)[S+]([O-])c1cnn[nH]1. The second-order valence-electron chi connectivity index (χ2n) is 2.17. The number of hydrogen-bond acceptors (Lipinski definition) is 3. The minimum absolute atomic E-state index is 0.113. The van der Waals surface area contributed by atoms with Crippen LogP contribution in [0.15, 0.2) is 11.2 Å². The molecule has 1 unspecified atom stereocenters. The van der Waals surface area contributed by atoms with Crippen LogP contribution in [0.2, 0.25) is 0 Å². The fraction of sp³-hybridized carbons (Fsp3) is 0.600. The van der Waals surface area contributed by atoms with E-state index in [1.807, 2.05) is 13.8 Å². The van der Waals surface area contributed by atoms with Gasteiger partial charge in [-0.3, -0.25) is 0 Å². The fourth-order valence-electron chi connectivity index (χ4n) is 0.539. The topological polar surface area (TPSA) is 64.6 Å². The van der Waals surface area contributed by atoms with Crippen molar-refractivity contribution < 1.29 is 4.55 Å². The summed E-state index contributed by atoms with van der Waals surface area (Å²) in [6.45, 7) is 3.77. The molecule has 0 aliphatic heterocycles. The van der Waals surface area contributed by atoms with E-state index in [0.717, 1.165) is 0 Å². The number of H-pyrrole nitrogens is 1. The van der Waals surface area contributed by atoms with Crippen molar-refractivity contribution in [3.63, 3.8) is 0 Å². The number of aromatic amines is 1. The normalized spacial score (nSPS) is 14.0. The lowest BCUT2D eigenvalue weighted by Gasteiger charge is -2.09. The van der Waals surface area contributed by atoms with Crippen molar-refractivity contribution in [2.45, 2.75) is 24.1 Å². The Labute approximate surface area is 62.2 Å². The third kappa shape index (κ3) is 1.48. The standard InChI is InChI=1S/C5H9N3OS/c1-4(2)10(9)5-3-6-8-7-5/h3-4H,1-2H3,(H,6,7,8). The molecule has 10 heavy (non-hydrogen) atoms. The van der Waals surface area contributed by atoms with Crippen molar-refractivity contribution in [3.05, 3.63) is 6.20 Å². The van der Waals surface area contributed by atoms with Gasteiger partial charge in [0.2, 0.25) is 0 Å². The quantitative estimate of drug-likeness (QED) is 0.632. The van der Waals surface area contributed by atoms with Gasteiger partial charge in [-0.2, -0.15) is 0 Å². The molecule has 5 heteroatoms. The van der Waals surface area contributed by atoms with Crippen molar-refractivity contribution >= 4 is 11.2 Å². The van der Waals surface area contributed by atoms with Crippen LogP contribution in [-0.2, 0) is 11.2 Å². The number of nitrogens with zero attached hydrogens (tertiary/aromatic N) is 2. The Hall–Kier alpha value is -0.550. The second-order valence-corrected chi connectivity index (χ2v) is 4.14. The molecular weight excluding hydrogens is 150 g/mol. The van der Waals surface area contributed by atoms with Crippen LogP contribution >= 0.6 is 0 Å². The maximum Gasteiger partial charge on any atom is 0.260 e. The smallest absolute Gasteiger partial charge is 0.260 e. The highest BCUT2D eigenvalue weighted by molar-refractivity contribution is 7.91. The first-order valence-electron chi connectivity index (χ1n) is 2.98. The van der Waals surface area contributed by atoms with Gasteiger partial charge in [0.1, 0.15) is 11.4 Å². The first-order chi connectivity index (χ1) is 4.72. The van der Waals surface area contributed by atoms with E-state index in [1.54, 1.807) is 0 Å². The minimum atomic E-state index is -0.985. The van der Waals surface area contributed by atoms with E-state index in [4.69, 9.17) is 0 Å². The van der Waals surface area contributed by atoms with Crippen LogP contribution in [0, 0.1) is 0 Å². The van der Waals surface area contributed by atoms with E-state index < -0.39 is 11.2 Å². The summed E-state index contributed by atoms with van der Waals surface area (Å²) in [5.41, 5.74) is 0. The monoisotopic (exact) mass is 159 g/mol. The molecule has 0 bridgehead atoms. The third-order valence-corrected chi connectivity index (χ3v) is 2.52. The highest BCUT2D eigenvalue weighted by Crippen LogP contribution is 2.09. The minimum Gasteiger partial charge on any atom is -0.610 e. The third-order valence-electron chi connectivity index (χ3n) is 1.04. The van der Waals surface area contributed by atoms with Gasteiger partial charge in [-0.15, -0.1) is 5.10 Å². The summed E-state index contributed by atoms with van der Waals surface area (Å²) in [7, 11) is 0. The predicted octanol–water partition coefficient (Wildman–Crippen LogP) is 0.321. The Balaban J connectivity index is 2.68. The van der Waals surface area contributed by atoms with Crippen LogP contribution in [0.5, 0.6) is 0 Å². The molecule has 1 rings (SSSR count). The number of aromatic nitrogens is 3. The van der Waals surface area contributed by atoms with E-state index in [0.29, 0.717) is 5.03 Å². The summed E-state index contributed by atoms with van der Waals surface area (Å²) in [5.74, 6) is 0. The zero-order valence-corrected chi connectivity index (χ0v) is 6.68. The predicted molar refractivity (Wildman–Crippen MR) is 37.9 cm³/mol. The molecule has 0 aromatic carbocycles. The summed E-state index contributed by atoms with van der Waals surface area (Å²) in [6.07, 6.45) is 1.48. The molecule has 0 saturated carbocycles. The van der Waals surface area contributed by atoms with Crippen molar-refractivity contribution in [2.75, 3.05) is 0 Å². The molecule has 0 aliphatic carbocycles. The van der Waals surface area contributed by atoms with Gasteiger partial charge in [0, 0.05) is 11.2 Å². The van der Waals surface area contributed by atoms with Gasteiger partial charge in [0.05, 0.1) is 0 Å². The van der Waals surface area contributed by atoms with Crippen LogP contribution < -0.4 is 0 Å². The lowest BCUT2D eigenvalue weighted by molar-refractivity contribution is 0.582. The molecule has 1 atom stereocenters. The summed E-state index contributed by atoms with van der Waals surface area (Å²) >= 11 is -0.985. The first-order valence-corrected chi connectivity index (χ1v) is 4.19. The van der Waals surface area contributed by atoms with Crippen LogP contribution in [-0.4, -0.2) is 25.2 Å². The molecule has 0 spiro atoms. The molecule has 56 valence electrons. The maximum absolute atomic E-state index is 11.2. The average Bonchev–Trinajstić information content (AvgIpc) is 2.36. The van der Waals surface area contributed by atoms with Crippen molar-refractivity contribution in [2.24, 2.45) is 0 Å². The molecule has 1 heterocycles. The molecule has 0 fully saturated rings. The summed E-state index contributed by atoms with van der Waals surface area (Å²) in [5, 5.41) is 10.2. The highest BCUT2D eigenvalue weighted by atomic mass is 32.2. The van der Waals surface area contributed by atoms with Gasteiger partial charge < -0.3 is 4.55 Å². The lowest BCUT2D eigenvalue weighted by Crippen LogP contribution is -2.14. The molecular formula is C5H9N3OS. The molecule has 0 amide bonds. The Morgan fingerprint density at radius 1 is 1.70 bits per heavy atom. The molecule has 1 aromatic heterocycles. The van der Waals surface area contributed by atoms with Crippen molar-refractivity contribution in [1.82, 2.24) is 15.4 Å². The fourth-order valence-corrected chi connectivity index (χ4v) is 1.33. The molecule has 0 aliphatic rings. The highest BCUT2D eigenvalue weighted by Gasteiger charge is 2.16. The summed E-state index contributed by atoms with van der Waals surface area (Å²) in [6, 6.07) is 0. The lowest BCUT2D eigenvalue weighted by atomic mass is 10.6. The van der Waals surface area contributed by atoms with Gasteiger partial charge in [0.25, 0.3) is 5.03 Å². The first kappa shape index (κ1) is 7.56. The Morgan fingerprint density at radius 3 is 2.80 bits per heavy atom. The number of hydrogen-bond donors (Lipinski definition) is 1. The zero-order valence-electron chi connectivity index (χ0n) is 5.87. The summed E-state index contributed by atoms with van der Waals surface area (Å²) < 4.78 is 11.2. The van der Waals surface area contributed by atoms with Gasteiger partial charge in [-0.05, 0) is 13.8 Å². The van der Waals surface area contributed by atoms with Gasteiger partial charge in [0.15, 0.2) is 0 Å². The van der Waals surface area contributed by atoms with E-state index >= 15 is 0 Å². The van der Waals surface area contributed by atoms with Gasteiger partial charge in [-0.1, -0.05) is 5.21 Å². The van der Waals surface area contributed by atoms with Crippen molar-refractivity contribution in [1.29, 1.82) is 0 Å². The second kappa shape index (κ2) is 3.03. The maximum atomic E-state index is 11.2. The van der Waals surface area contributed by atoms with E-state index in [-0.39, 0.29) is 5.25 Å². The van der Waals surface area contributed by atoms with Crippen LogP contribution in [0.3, 0.4) is 0 Å². The van der Waals surface area contributed by atoms with Gasteiger partial charge >= 0.3 is 0 Å². The molecule has 1 N–H and O–H groups in total. The Morgan fingerprint density at radius 2 is 2.40 bits per heavy atom. The van der Waals surface area contributed by atoms with E-state index in [2.05, 4.69) is 15.4 Å². The Bertz CT molecular complexity index is 187. The molecule has 0 radical (unpaired) electrons. The summed E-state index contributed by atoms with van der Waals surface area (Å²) in [4.78, 5) is 0.